The van der Waals surface area contributed by atoms with Gasteiger partial charge in [-0.05, 0) is 36.1 Å². The van der Waals surface area contributed by atoms with E-state index in [4.69, 9.17) is 4.74 Å². The minimum absolute atomic E-state index is 0.0229. The normalized spacial score (nSPS) is 15.1. The third-order valence-corrected chi connectivity index (χ3v) is 6.61. The average Bonchev–Trinajstić information content (AvgIpc) is 3.10. The van der Waals surface area contributed by atoms with Gasteiger partial charge in [0, 0.05) is 30.8 Å². The summed E-state index contributed by atoms with van der Waals surface area (Å²) in [5, 5.41) is 0.565. The minimum Gasteiger partial charge on any atom is -0.467 e. The zero-order valence-corrected chi connectivity index (χ0v) is 17.2. The number of halogens is 1. The Morgan fingerprint density at radius 1 is 1.29 bits per heavy atom. The molecule has 3 aromatic rings. The number of thiazole rings is 1. The molecule has 0 saturated carbocycles. The number of amides is 1. The molecule has 2 aromatic carbocycles. The average molecular weight is 417 g/mol. The van der Waals surface area contributed by atoms with Crippen molar-refractivity contribution in [3.63, 3.8) is 0 Å². The lowest BCUT2D eigenvalue weighted by atomic mass is 10.1. The zero-order valence-electron chi connectivity index (χ0n) is 15.6. The number of nitrogens with zero attached hydrogens (tertiary/aromatic N) is 2. The standard InChI is InChI=1S/C21H21FN2O2S2/c1-2-27-18-6-4-3-5-16(18)20(25)24-11-9-15(10-12-24)26-21-23-17-8-7-14(22)13-19(17)28-21/h3-8,13,15H,2,9-12H2,1H3. The second-order valence-corrected chi connectivity index (χ2v) is 8.93. The summed E-state index contributed by atoms with van der Waals surface area (Å²) in [6.07, 6.45) is 1.55. The molecule has 0 atom stereocenters. The van der Waals surface area contributed by atoms with Crippen LogP contribution in [-0.2, 0) is 0 Å². The molecule has 0 unspecified atom stereocenters. The smallest absolute Gasteiger partial charge is 0.274 e. The quantitative estimate of drug-likeness (QED) is 0.534. The maximum atomic E-state index is 13.3. The van der Waals surface area contributed by atoms with E-state index in [0.29, 0.717) is 18.3 Å². The van der Waals surface area contributed by atoms with Gasteiger partial charge in [-0.3, -0.25) is 4.79 Å². The van der Waals surface area contributed by atoms with Crippen molar-refractivity contribution in [3.8, 4) is 5.19 Å². The van der Waals surface area contributed by atoms with Gasteiger partial charge in [0.2, 0.25) is 0 Å². The van der Waals surface area contributed by atoms with Gasteiger partial charge in [0.15, 0.2) is 0 Å². The molecular formula is C21H21FN2O2S2. The van der Waals surface area contributed by atoms with E-state index >= 15 is 0 Å². The third-order valence-electron chi connectivity index (χ3n) is 4.74. The summed E-state index contributed by atoms with van der Waals surface area (Å²) < 4.78 is 20.1. The molecule has 1 saturated heterocycles. The van der Waals surface area contributed by atoms with Crippen LogP contribution in [-0.4, -0.2) is 40.7 Å². The molecule has 0 radical (unpaired) electrons. The Balaban J connectivity index is 1.38. The van der Waals surface area contributed by atoms with E-state index in [-0.39, 0.29) is 17.8 Å². The number of aromatic nitrogens is 1. The first kappa shape index (κ1) is 19.2. The number of fused-ring (bicyclic) bond motifs is 1. The van der Waals surface area contributed by atoms with Gasteiger partial charge in [0.1, 0.15) is 11.9 Å². The molecule has 0 aliphatic carbocycles. The fraction of sp³-hybridized carbons (Fsp3) is 0.333. The molecule has 28 heavy (non-hydrogen) atoms. The highest BCUT2D eigenvalue weighted by atomic mass is 32.2. The van der Waals surface area contributed by atoms with Crippen molar-refractivity contribution in [2.24, 2.45) is 0 Å². The van der Waals surface area contributed by atoms with Gasteiger partial charge in [0.25, 0.3) is 11.1 Å². The maximum Gasteiger partial charge on any atom is 0.274 e. The van der Waals surface area contributed by atoms with E-state index in [1.807, 2.05) is 29.2 Å². The predicted molar refractivity (Wildman–Crippen MR) is 112 cm³/mol. The van der Waals surface area contributed by atoms with Crippen molar-refractivity contribution >= 4 is 39.2 Å². The Morgan fingerprint density at radius 3 is 2.86 bits per heavy atom. The highest BCUT2D eigenvalue weighted by Crippen LogP contribution is 2.31. The van der Waals surface area contributed by atoms with E-state index in [1.54, 1.807) is 17.8 Å². The monoisotopic (exact) mass is 416 g/mol. The van der Waals surface area contributed by atoms with Crippen LogP contribution in [0, 0.1) is 5.82 Å². The Bertz CT molecular complexity index is 983. The number of likely N-dealkylation sites (tertiary alicyclic amines) is 1. The second-order valence-electron chi connectivity index (χ2n) is 6.63. The van der Waals surface area contributed by atoms with Crippen molar-refractivity contribution < 1.29 is 13.9 Å². The Labute approximate surface area is 171 Å². The lowest BCUT2D eigenvalue weighted by Gasteiger charge is -2.32. The molecule has 146 valence electrons. The molecule has 2 heterocycles. The van der Waals surface area contributed by atoms with Gasteiger partial charge >= 0.3 is 0 Å². The fourth-order valence-corrected chi connectivity index (χ4v) is 5.04. The Morgan fingerprint density at radius 2 is 2.07 bits per heavy atom. The summed E-state index contributed by atoms with van der Waals surface area (Å²) in [4.78, 5) is 20.3. The van der Waals surface area contributed by atoms with Crippen LogP contribution in [0.3, 0.4) is 0 Å². The molecule has 0 bridgehead atoms. The molecular weight excluding hydrogens is 395 g/mol. The number of hydrogen-bond donors (Lipinski definition) is 0. The van der Waals surface area contributed by atoms with Crippen LogP contribution in [0.4, 0.5) is 4.39 Å². The van der Waals surface area contributed by atoms with E-state index in [2.05, 4.69) is 11.9 Å². The molecule has 0 N–H and O–H groups in total. The molecule has 7 heteroatoms. The number of benzene rings is 2. The Kier molecular flexibility index (Phi) is 5.82. The van der Waals surface area contributed by atoms with Gasteiger partial charge in [-0.2, -0.15) is 0 Å². The summed E-state index contributed by atoms with van der Waals surface area (Å²) in [7, 11) is 0. The van der Waals surface area contributed by atoms with E-state index in [1.165, 1.54) is 23.5 Å². The molecule has 4 rings (SSSR count). The molecule has 1 aromatic heterocycles. The van der Waals surface area contributed by atoms with Crippen molar-refractivity contribution in [2.75, 3.05) is 18.8 Å². The zero-order chi connectivity index (χ0) is 19.5. The minimum atomic E-state index is -0.268. The first-order valence-corrected chi connectivity index (χ1v) is 11.2. The van der Waals surface area contributed by atoms with Crippen LogP contribution < -0.4 is 4.74 Å². The highest BCUT2D eigenvalue weighted by Gasteiger charge is 2.26. The molecule has 1 amide bonds. The Hall–Kier alpha value is -2.12. The SMILES string of the molecule is CCSc1ccccc1C(=O)N1CCC(Oc2nc3ccc(F)cc3s2)CC1. The number of thioether (sulfide) groups is 1. The fourth-order valence-electron chi connectivity index (χ4n) is 3.34. The summed E-state index contributed by atoms with van der Waals surface area (Å²) in [5.74, 6) is 0.758. The van der Waals surface area contributed by atoms with Crippen LogP contribution >= 0.6 is 23.1 Å². The van der Waals surface area contributed by atoms with E-state index < -0.39 is 0 Å². The number of hydrogen-bond acceptors (Lipinski definition) is 5. The van der Waals surface area contributed by atoms with Crippen LogP contribution in [0.1, 0.15) is 30.1 Å². The molecule has 0 spiro atoms. The summed E-state index contributed by atoms with van der Waals surface area (Å²) in [6.45, 7) is 3.41. The largest absolute Gasteiger partial charge is 0.467 e. The number of carbonyl (C=O) groups excluding carboxylic acids is 1. The number of piperidine rings is 1. The number of ether oxygens (including phenoxy) is 1. The van der Waals surface area contributed by atoms with Gasteiger partial charge < -0.3 is 9.64 Å². The van der Waals surface area contributed by atoms with Gasteiger partial charge in [0.05, 0.1) is 15.8 Å². The van der Waals surface area contributed by atoms with Gasteiger partial charge in [-0.1, -0.05) is 30.4 Å². The third kappa shape index (κ3) is 4.15. The van der Waals surface area contributed by atoms with Gasteiger partial charge in [-0.25, -0.2) is 9.37 Å². The molecule has 1 fully saturated rings. The molecule has 1 aliphatic rings. The summed E-state index contributed by atoms with van der Waals surface area (Å²) >= 11 is 3.05. The van der Waals surface area contributed by atoms with Gasteiger partial charge in [-0.15, -0.1) is 11.8 Å². The van der Waals surface area contributed by atoms with Crippen LogP contribution in [0.15, 0.2) is 47.4 Å². The van der Waals surface area contributed by atoms with Crippen LogP contribution in [0.2, 0.25) is 0 Å². The van der Waals surface area contributed by atoms with E-state index in [0.717, 1.165) is 39.3 Å². The molecule has 1 aliphatic heterocycles. The lowest BCUT2D eigenvalue weighted by Crippen LogP contribution is -2.41. The second kappa shape index (κ2) is 8.49. The van der Waals surface area contributed by atoms with Crippen molar-refractivity contribution in [3.05, 3.63) is 53.8 Å². The summed E-state index contributed by atoms with van der Waals surface area (Å²) in [5.41, 5.74) is 1.53. The number of carbonyl (C=O) groups is 1. The van der Waals surface area contributed by atoms with Crippen molar-refractivity contribution in [2.45, 2.75) is 30.8 Å². The van der Waals surface area contributed by atoms with E-state index in [9.17, 15) is 9.18 Å². The topological polar surface area (TPSA) is 42.4 Å². The first-order valence-electron chi connectivity index (χ1n) is 9.38. The van der Waals surface area contributed by atoms with Crippen LogP contribution in [0.25, 0.3) is 10.2 Å². The maximum absolute atomic E-state index is 13.3. The van der Waals surface area contributed by atoms with Crippen molar-refractivity contribution in [1.82, 2.24) is 9.88 Å². The number of rotatable bonds is 5. The summed E-state index contributed by atoms with van der Waals surface area (Å²) in [6, 6.07) is 12.4. The first-order chi connectivity index (χ1) is 13.6. The predicted octanol–water partition coefficient (Wildman–Crippen LogP) is 5.23. The van der Waals surface area contributed by atoms with Crippen LogP contribution in [0.5, 0.6) is 5.19 Å². The lowest BCUT2D eigenvalue weighted by molar-refractivity contribution is 0.0592. The molecule has 4 nitrogen and oxygen atoms in total. The highest BCUT2D eigenvalue weighted by molar-refractivity contribution is 7.99. The van der Waals surface area contributed by atoms with Crippen molar-refractivity contribution in [1.29, 1.82) is 0 Å².